The van der Waals surface area contributed by atoms with Gasteiger partial charge in [0.05, 0.1) is 30.0 Å². The molecule has 5 rings (SSSR count). The Morgan fingerprint density at radius 3 is 2.62 bits per heavy atom. The monoisotopic (exact) mass is 346 g/mol. The van der Waals surface area contributed by atoms with Crippen LogP contribution in [0.15, 0.2) is 54.6 Å². The number of morpholine rings is 1. The summed E-state index contributed by atoms with van der Waals surface area (Å²) in [4.78, 5) is 14.5. The summed E-state index contributed by atoms with van der Waals surface area (Å²) in [6, 6.07) is 19.0. The van der Waals surface area contributed by atoms with Crippen molar-refractivity contribution in [2.45, 2.75) is 12.1 Å². The van der Waals surface area contributed by atoms with Crippen LogP contribution in [0, 0.1) is 0 Å². The Bertz CT molecular complexity index is 930. The molecule has 2 fully saturated rings. The highest BCUT2D eigenvalue weighted by molar-refractivity contribution is 5.93. The number of benzene rings is 2. The molecule has 5 nitrogen and oxygen atoms in total. The molecular weight excluding hydrogens is 324 g/mol. The van der Waals surface area contributed by atoms with E-state index >= 15 is 0 Å². The van der Waals surface area contributed by atoms with E-state index in [2.05, 4.69) is 53.2 Å². The molecule has 0 amide bonds. The average molecular weight is 346 g/mol. The molecule has 0 radical (unpaired) electrons. The quantitative estimate of drug-likeness (QED) is 0.714. The Kier molecular flexibility index (Phi) is 3.84. The van der Waals surface area contributed by atoms with Crippen LogP contribution in [0.5, 0.6) is 0 Å². The van der Waals surface area contributed by atoms with Crippen molar-refractivity contribution in [1.82, 2.24) is 14.9 Å². The summed E-state index contributed by atoms with van der Waals surface area (Å²) in [5.74, 6) is 0.800. The minimum Gasteiger partial charge on any atom is -0.373 e. The molecule has 0 N–H and O–H groups in total. The molecule has 0 bridgehead atoms. The molecule has 3 aromatic rings. The van der Waals surface area contributed by atoms with E-state index in [1.54, 1.807) is 0 Å². The van der Waals surface area contributed by atoms with Crippen molar-refractivity contribution in [3.8, 4) is 11.3 Å². The number of likely N-dealkylation sites (N-methyl/N-ethyl adjacent to an activating group) is 1. The lowest BCUT2D eigenvalue weighted by molar-refractivity contribution is -0.0362. The SMILES string of the molecule is CN1CCOC2CN(c3nc(-c4ccccc4)c4ccccc4n3)CC21. The number of rotatable bonds is 2. The van der Waals surface area contributed by atoms with Gasteiger partial charge in [-0.2, -0.15) is 0 Å². The van der Waals surface area contributed by atoms with Gasteiger partial charge >= 0.3 is 0 Å². The number of fused-ring (bicyclic) bond motifs is 2. The van der Waals surface area contributed by atoms with Crippen LogP contribution in [0.4, 0.5) is 5.95 Å². The van der Waals surface area contributed by atoms with Crippen LogP contribution in [0.3, 0.4) is 0 Å². The average Bonchev–Trinajstić information content (AvgIpc) is 3.14. The Hall–Kier alpha value is -2.50. The molecule has 2 aliphatic rings. The van der Waals surface area contributed by atoms with Gasteiger partial charge in [0.15, 0.2) is 0 Å². The minimum atomic E-state index is 0.240. The smallest absolute Gasteiger partial charge is 0.226 e. The molecule has 0 spiro atoms. The normalized spacial score (nSPS) is 23.3. The molecule has 3 heterocycles. The summed E-state index contributed by atoms with van der Waals surface area (Å²) in [5, 5.41) is 1.09. The van der Waals surface area contributed by atoms with Crippen LogP contribution < -0.4 is 4.90 Å². The third-order valence-corrected chi connectivity index (χ3v) is 5.50. The first-order chi connectivity index (χ1) is 12.8. The van der Waals surface area contributed by atoms with Gasteiger partial charge in [0.2, 0.25) is 5.95 Å². The van der Waals surface area contributed by atoms with Gasteiger partial charge in [-0.25, -0.2) is 9.97 Å². The van der Waals surface area contributed by atoms with E-state index < -0.39 is 0 Å². The van der Waals surface area contributed by atoms with Gasteiger partial charge in [0, 0.05) is 30.6 Å². The molecule has 5 heteroatoms. The fourth-order valence-electron chi connectivity index (χ4n) is 4.04. The summed E-state index contributed by atoms with van der Waals surface area (Å²) in [6.07, 6.45) is 0.240. The predicted octanol–water partition coefficient (Wildman–Crippen LogP) is 2.82. The Morgan fingerprint density at radius 2 is 1.77 bits per heavy atom. The van der Waals surface area contributed by atoms with E-state index in [0.29, 0.717) is 6.04 Å². The van der Waals surface area contributed by atoms with Crippen molar-refractivity contribution < 1.29 is 4.74 Å². The second-order valence-corrected chi connectivity index (χ2v) is 7.12. The highest BCUT2D eigenvalue weighted by Crippen LogP contribution is 2.30. The minimum absolute atomic E-state index is 0.240. The third-order valence-electron chi connectivity index (χ3n) is 5.50. The highest BCUT2D eigenvalue weighted by Gasteiger charge is 2.39. The van der Waals surface area contributed by atoms with Crippen LogP contribution in [0.1, 0.15) is 0 Å². The Balaban J connectivity index is 1.59. The van der Waals surface area contributed by atoms with Gasteiger partial charge in [-0.15, -0.1) is 0 Å². The van der Waals surface area contributed by atoms with Gasteiger partial charge in [0.25, 0.3) is 0 Å². The van der Waals surface area contributed by atoms with Crippen LogP contribution >= 0.6 is 0 Å². The molecule has 26 heavy (non-hydrogen) atoms. The zero-order chi connectivity index (χ0) is 17.5. The van der Waals surface area contributed by atoms with Crippen molar-refractivity contribution in [3.05, 3.63) is 54.6 Å². The summed E-state index contributed by atoms with van der Waals surface area (Å²) < 4.78 is 5.99. The fraction of sp³-hybridized carbons (Fsp3) is 0.333. The summed E-state index contributed by atoms with van der Waals surface area (Å²) >= 11 is 0. The third kappa shape index (κ3) is 2.64. The van der Waals surface area contributed by atoms with Crippen molar-refractivity contribution in [3.63, 3.8) is 0 Å². The molecule has 132 valence electrons. The molecule has 0 saturated carbocycles. The zero-order valence-corrected chi connectivity index (χ0v) is 14.9. The van der Waals surface area contributed by atoms with E-state index in [1.807, 2.05) is 18.2 Å². The Labute approximate surface area is 153 Å². The number of hydrogen-bond donors (Lipinski definition) is 0. The van der Waals surface area contributed by atoms with Crippen molar-refractivity contribution >= 4 is 16.9 Å². The maximum atomic E-state index is 5.99. The maximum Gasteiger partial charge on any atom is 0.226 e. The standard InChI is InChI=1S/C21H22N4O/c1-24-11-12-26-19-14-25(13-18(19)24)21-22-17-10-6-5-9-16(17)20(23-21)15-7-3-2-4-8-15/h2-10,18-19H,11-14H2,1H3. The van der Waals surface area contributed by atoms with Crippen molar-refractivity contribution in [2.24, 2.45) is 0 Å². The second kappa shape index (κ2) is 6.34. The van der Waals surface area contributed by atoms with Gasteiger partial charge in [-0.1, -0.05) is 48.5 Å². The van der Waals surface area contributed by atoms with Crippen LogP contribution in [-0.4, -0.2) is 60.3 Å². The number of aromatic nitrogens is 2. The molecule has 2 atom stereocenters. The lowest BCUT2D eigenvalue weighted by atomic mass is 10.1. The van der Waals surface area contributed by atoms with E-state index in [9.17, 15) is 0 Å². The fourth-order valence-corrected chi connectivity index (χ4v) is 4.04. The topological polar surface area (TPSA) is 41.5 Å². The first-order valence-electron chi connectivity index (χ1n) is 9.18. The van der Waals surface area contributed by atoms with Gasteiger partial charge in [0.1, 0.15) is 0 Å². The molecule has 0 aliphatic carbocycles. The lowest BCUT2D eigenvalue weighted by Gasteiger charge is -2.33. The largest absolute Gasteiger partial charge is 0.373 e. The zero-order valence-electron chi connectivity index (χ0n) is 14.9. The summed E-state index contributed by atoms with van der Waals surface area (Å²) in [6.45, 7) is 3.55. The second-order valence-electron chi connectivity index (χ2n) is 7.12. The van der Waals surface area contributed by atoms with E-state index in [4.69, 9.17) is 14.7 Å². The number of ether oxygens (including phenoxy) is 1. The van der Waals surface area contributed by atoms with Crippen LogP contribution in [0.2, 0.25) is 0 Å². The lowest BCUT2D eigenvalue weighted by Crippen LogP contribution is -2.48. The van der Waals surface area contributed by atoms with Gasteiger partial charge in [-0.05, 0) is 13.1 Å². The Morgan fingerprint density at radius 1 is 0.962 bits per heavy atom. The van der Waals surface area contributed by atoms with Crippen LogP contribution in [-0.2, 0) is 4.74 Å². The predicted molar refractivity (Wildman–Crippen MR) is 103 cm³/mol. The highest BCUT2D eigenvalue weighted by atomic mass is 16.5. The first-order valence-corrected chi connectivity index (χ1v) is 9.18. The number of anilines is 1. The number of hydrogen-bond acceptors (Lipinski definition) is 5. The van der Waals surface area contributed by atoms with E-state index in [0.717, 1.165) is 54.3 Å². The van der Waals surface area contributed by atoms with E-state index in [-0.39, 0.29) is 6.10 Å². The molecule has 2 unspecified atom stereocenters. The number of para-hydroxylation sites is 1. The summed E-state index contributed by atoms with van der Waals surface area (Å²) in [7, 11) is 2.18. The molecule has 2 saturated heterocycles. The number of nitrogens with zero attached hydrogens (tertiary/aromatic N) is 4. The van der Waals surface area contributed by atoms with Crippen LogP contribution in [0.25, 0.3) is 22.2 Å². The maximum absolute atomic E-state index is 5.99. The van der Waals surface area contributed by atoms with Gasteiger partial charge in [-0.3, -0.25) is 4.90 Å². The van der Waals surface area contributed by atoms with E-state index in [1.165, 1.54) is 0 Å². The molecule has 1 aromatic heterocycles. The molecule has 2 aliphatic heterocycles. The van der Waals surface area contributed by atoms with Crippen molar-refractivity contribution in [1.29, 1.82) is 0 Å². The first kappa shape index (κ1) is 15.7. The van der Waals surface area contributed by atoms with Crippen molar-refractivity contribution in [2.75, 3.05) is 38.2 Å². The molecule has 2 aromatic carbocycles. The van der Waals surface area contributed by atoms with Gasteiger partial charge < -0.3 is 9.64 Å². The summed E-state index contributed by atoms with van der Waals surface area (Å²) in [5.41, 5.74) is 3.10. The molecular formula is C21H22N4O.